The Morgan fingerprint density at radius 1 is 1.26 bits per heavy atom. The quantitative estimate of drug-likeness (QED) is 0.805. The van der Waals surface area contributed by atoms with E-state index in [9.17, 15) is 0 Å². The number of hydrogen-bond donors (Lipinski definition) is 1. The minimum atomic E-state index is 0.208. The number of rotatable bonds is 6. The summed E-state index contributed by atoms with van der Waals surface area (Å²) in [5, 5.41) is 0. The highest BCUT2D eigenvalue weighted by Gasteiger charge is 2.42. The molecule has 1 aliphatic heterocycles. The Bertz CT molecular complexity index is 284. The summed E-state index contributed by atoms with van der Waals surface area (Å²) in [7, 11) is 0. The van der Waals surface area contributed by atoms with Gasteiger partial charge in [0.1, 0.15) is 0 Å². The van der Waals surface area contributed by atoms with E-state index >= 15 is 0 Å². The van der Waals surface area contributed by atoms with E-state index in [1.54, 1.807) is 0 Å². The van der Waals surface area contributed by atoms with Crippen molar-refractivity contribution in [3.63, 3.8) is 0 Å². The van der Waals surface area contributed by atoms with Crippen molar-refractivity contribution in [3.05, 3.63) is 0 Å². The minimum absolute atomic E-state index is 0.208. The first kappa shape index (κ1) is 15.3. The number of hydrogen-bond acceptors (Lipinski definition) is 3. The van der Waals surface area contributed by atoms with Crippen LogP contribution in [0.5, 0.6) is 0 Å². The summed E-state index contributed by atoms with van der Waals surface area (Å²) in [5.74, 6) is 0. The molecule has 1 atom stereocenters. The van der Waals surface area contributed by atoms with Crippen molar-refractivity contribution < 1.29 is 4.74 Å². The lowest BCUT2D eigenvalue weighted by molar-refractivity contribution is -0.0492. The third-order valence-corrected chi connectivity index (χ3v) is 4.97. The second-order valence-corrected chi connectivity index (χ2v) is 7.36. The zero-order valence-electron chi connectivity index (χ0n) is 13.1. The molecule has 0 radical (unpaired) electrons. The summed E-state index contributed by atoms with van der Waals surface area (Å²) in [6.07, 6.45) is 8.31. The van der Waals surface area contributed by atoms with Gasteiger partial charge >= 0.3 is 0 Å². The van der Waals surface area contributed by atoms with Crippen LogP contribution in [0.4, 0.5) is 0 Å². The summed E-state index contributed by atoms with van der Waals surface area (Å²) in [4.78, 5) is 2.52. The van der Waals surface area contributed by atoms with Crippen LogP contribution in [0, 0.1) is 5.41 Å². The fraction of sp³-hybridized carbons (Fsp3) is 1.00. The van der Waals surface area contributed by atoms with E-state index < -0.39 is 0 Å². The van der Waals surface area contributed by atoms with Gasteiger partial charge in [-0.15, -0.1) is 0 Å². The molecule has 2 aliphatic rings. The van der Waals surface area contributed by atoms with E-state index in [0.29, 0.717) is 6.10 Å². The highest BCUT2D eigenvalue weighted by Crippen LogP contribution is 2.43. The fourth-order valence-corrected chi connectivity index (χ4v) is 3.67. The third-order valence-electron chi connectivity index (χ3n) is 4.97. The van der Waals surface area contributed by atoms with Crippen molar-refractivity contribution in [2.45, 2.75) is 71.0 Å². The highest BCUT2D eigenvalue weighted by molar-refractivity contribution is 4.93. The standard InChI is InChI=1S/C16H32N2O/c1-4-18(13-15(2,3)12-17)11-14-7-10-16(19-14)8-5-6-9-16/h14H,4-13,17H2,1-3H3. The zero-order chi connectivity index (χ0) is 13.9. The first-order chi connectivity index (χ1) is 8.99. The first-order valence-corrected chi connectivity index (χ1v) is 8.09. The van der Waals surface area contributed by atoms with Crippen LogP contribution < -0.4 is 5.73 Å². The lowest BCUT2D eigenvalue weighted by Crippen LogP contribution is -2.42. The van der Waals surface area contributed by atoms with Crippen LogP contribution in [0.25, 0.3) is 0 Å². The summed E-state index contributed by atoms with van der Waals surface area (Å²) in [6, 6.07) is 0. The Morgan fingerprint density at radius 3 is 2.53 bits per heavy atom. The third kappa shape index (κ3) is 3.93. The smallest absolute Gasteiger partial charge is 0.0710 e. The van der Waals surface area contributed by atoms with Crippen LogP contribution in [-0.4, -0.2) is 42.8 Å². The van der Waals surface area contributed by atoms with Crippen LogP contribution in [0.1, 0.15) is 59.3 Å². The molecule has 0 amide bonds. The van der Waals surface area contributed by atoms with Crippen LogP contribution in [0.2, 0.25) is 0 Å². The van der Waals surface area contributed by atoms with Crippen molar-refractivity contribution >= 4 is 0 Å². The van der Waals surface area contributed by atoms with Gasteiger partial charge in [0.2, 0.25) is 0 Å². The van der Waals surface area contributed by atoms with Gasteiger partial charge in [-0.1, -0.05) is 33.6 Å². The minimum Gasteiger partial charge on any atom is -0.370 e. The molecule has 3 nitrogen and oxygen atoms in total. The van der Waals surface area contributed by atoms with Crippen molar-refractivity contribution in [1.29, 1.82) is 0 Å². The second-order valence-electron chi connectivity index (χ2n) is 7.36. The Balaban J connectivity index is 1.83. The molecular weight excluding hydrogens is 236 g/mol. The van der Waals surface area contributed by atoms with Crippen LogP contribution in [0.3, 0.4) is 0 Å². The zero-order valence-corrected chi connectivity index (χ0v) is 13.1. The summed E-state index contributed by atoms with van der Waals surface area (Å²) < 4.78 is 6.42. The van der Waals surface area contributed by atoms with Crippen LogP contribution in [0.15, 0.2) is 0 Å². The van der Waals surface area contributed by atoms with Gasteiger partial charge in [-0.2, -0.15) is 0 Å². The Morgan fingerprint density at radius 2 is 1.95 bits per heavy atom. The molecule has 112 valence electrons. The average molecular weight is 268 g/mol. The van der Waals surface area contributed by atoms with E-state index in [4.69, 9.17) is 10.5 Å². The van der Waals surface area contributed by atoms with Gasteiger partial charge in [-0.25, -0.2) is 0 Å². The van der Waals surface area contributed by atoms with E-state index in [1.807, 2.05) is 0 Å². The molecule has 1 unspecified atom stereocenters. The molecule has 0 aromatic rings. The van der Waals surface area contributed by atoms with Crippen molar-refractivity contribution in [2.75, 3.05) is 26.2 Å². The molecular formula is C16H32N2O. The van der Waals surface area contributed by atoms with Crippen LogP contribution in [-0.2, 0) is 4.74 Å². The topological polar surface area (TPSA) is 38.5 Å². The SMILES string of the molecule is CCN(CC1CCC2(CCCC2)O1)CC(C)(C)CN. The summed E-state index contributed by atoms with van der Waals surface area (Å²) >= 11 is 0. The van der Waals surface area contributed by atoms with Crippen molar-refractivity contribution in [1.82, 2.24) is 4.90 Å². The maximum absolute atomic E-state index is 6.42. The number of ether oxygens (including phenoxy) is 1. The average Bonchev–Trinajstić information content (AvgIpc) is 2.99. The molecule has 2 fully saturated rings. The van der Waals surface area contributed by atoms with Crippen molar-refractivity contribution in [3.8, 4) is 0 Å². The van der Waals surface area contributed by atoms with E-state index in [1.165, 1.54) is 38.5 Å². The van der Waals surface area contributed by atoms with Gasteiger partial charge in [0.25, 0.3) is 0 Å². The fourth-order valence-electron chi connectivity index (χ4n) is 3.67. The van der Waals surface area contributed by atoms with Gasteiger partial charge in [0.15, 0.2) is 0 Å². The molecule has 1 spiro atoms. The molecule has 19 heavy (non-hydrogen) atoms. The molecule has 0 aromatic carbocycles. The normalized spacial score (nSPS) is 26.7. The molecule has 1 heterocycles. The van der Waals surface area contributed by atoms with E-state index in [0.717, 1.165) is 26.2 Å². The Hall–Kier alpha value is -0.120. The molecule has 1 saturated carbocycles. The molecule has 3 heteroatoms. The Kier molecular flexibility index (Phi) is 4.91. The van der Waals surface area contributed by atoms with Crippen molar-refractivity contribution in [2.24, 2.45) is 11.1 Å². The highest BCUT2D eigenvalue weighted by atomic mass is 16.5. The van der Waals surface area contributed by atoms with E-state index in [-0.39, 0.29) is 11.0 Å². The van der Waals surface area contributed by atoms with Gasteiger partial charge < -0.3 is 15.4 Å². The van der Waals surface area contributed by atoms with Crippen LogP contribution >= 0.6 is 0 Å². The molecule has 0 bridgehead atoms. The summed E-state index contributed by atoms with van der Waals surface area (Å²) in [5.41, 5.74) is 6.33. The van der Waals surface area contributed by atoms with Gasteiger partial charge in [-0.3, -0.25) is 0 Å². The lowest BCUT2D eigenvalue weighted by atomic mass is 9.93. The first-order valence-electron chi connectivity index (χ1n) is 8.09. The maximum atomic E-state index is 6.42. The number of nitrogens with two attached hydrogens (primary N) is 1. The molecule has 2 rings (SSSR count). The molecule has 1 aliphatic carbocycles. The molecule has 0 aromatic heterocycles. The predicted octanol–water partition coefficient (Wildman–Crippen LogP) is 2.79. The van der Waals surface area contributed by atoms with Gasteiger partial charge in [-0.05, 0) is 44.2 Å². The number of likely N-dealkylation sites (N-methyl/N-ethyl adjacent to an activating group) is 1. The van der Waals surface area contributed by atoms with Gasteiger partial charge in [0.05, 0.1) is 11.7 Å². The lowest BCUT2D eigenvalue weighted by Gasteiger charge is -2.33. The Labute approximate surface area is 118 Å². The summed E-state index contributed by atoms with van der Waals surface area (Å²) in [6.45, 7) is 10.8. The largest absolute Gasteiger partial charge is 0.370 e. The molecule has 2 N–H and O–H groups in total. The van der Waals surface area contributed by atoms with Gasteiger partial charge in [0, 0.05) is 13.1 Å². The monoisotopic (exact) mass is 268 g/mol. The van der Waals surface area contributed by atoms with E-state index in [2.05, 4.69) is 25.7 Å². The number of nitrogens with zero attached hydrogens (tertiary/aromatic N) is 1. The predicted molar refractivity (Wildman–Crippen MR) is 80.3 cm³/mol. The maximum Gasteiger partial charge on any atom is 0.0710 e. The molecule has 1 saturated heterocycles. The second kappa shape index (κ2) is 6.11.